The van der Waals surface area contributed by atoms with Crippen molar-refractivity contribution >= 4 is 34.8 Å². The van der Waals surface area contributed by atoms with Gasteiger partial charge in [-0.3, -0.25) is 14.6 Å². The summed E-state index contributed by atoms with van der Waals surface area (Å²) in [4.78, 5) is 35.8. The lowest BCUT2D eigenvalue weighted by molar-refractivity contribution is -0.143. The van der Waals surface area contributed by atoms with Crippen molar-refractivity contribution < 1.29 is 14.3 Å². The molecule has 1 saturated heterocycles. The maximum Gasteiger partial charge on any atom is 0.248 e. The average Bonchev–Trinajstić information content (AvgIpc) is 3.22. The quantitative estimate of drug-likeness (QED) is 0.493. The number of carbonyl (C=O) groups is 2. The van der Waals surface area contributed by atoms with Crippen LogP contribution in [0.5, 0.6) is 0 Å². The number of thiazole rings is 1. The first kappa shape index (κ1) is 22.7. The Bertz CT molecular complexity index is 858. The van der Waals surface area contributed by atoms with Crippen molar-refractivity contribution in [1.29, 1.82) is 0 Å². The van der Waals surface area contributed by atoms with Crippen molar-refractivity contribution in [3.63, 3.8) is 0 Å². The second-order valence-electron chi connectivity index (χ2n) is 7.35. The molecule has 1 aliphatic rings. The molecule has 2 amide bonds. The third-order valence-electron chi connectivity index (χ3n) is 5.26. The van der Waals surface area contributed by atoms with Crippen LogP contribution in [0.15, 0.2) is 23.7 Å². The number of hydrogen-bond acceptors (Lipinski definition) is 6. The van der Waals surface area contributed by atoms with Gasteiger partial charge < -0.3 is 15.0 Å². The molecule has 7 nitrogen and oxygen atoms in total. The summed E-state index contributed by atoms with van der Waals surface area (Å²) in [6.45, 7) is 5.23. The zero-order valence-electron chi connectivity index (χ0n) is 17.3. The van der Waals surface area contributed by atoms with Gasteiger partial charge in [-0.25, -0.2) is 4.98 Å². The molecular formula is C21H27ClN4O3S. The normalized spacial score (nSPS) is 19.0. The SMILES string of the molecule is Cc1ccc(-c2csc(CNC(=O)[C@H]3CCCN(C(=O)COCCCl)[C@H]3C)n2)cn1. The maximum absolute atomic E-state index is 12.8. The number of ether oxygens (including phenoxy) is 1. The summed E-state index contributed by atoms with van der Waals surface area (Å²) in [6, 6.07) is 3.77. The van der Waals surface area contributed by atoms with Crippen LogP contribution in [0.25, 0.3) is 11.3 Å². The summed E-state index contributed by atoms with van der Waals surface area (Å²) in [5.41, 5.74) is 2.78. The van der Waals surface area contributed by atoms with Gasteiger partial charge in [0.1, 0.15) is 11.6 Å². The van der Waals surface area contributed by atoms with E-state index in [2.05, 4.69) is 15.3 Å². The van der Waals surface area contributed by atoms with E-state index in [1.165, 1.54) is 11.3 Å². The van der Waals surface area contributed by atoms with Crippen LogP contribution in [0.2, 0.25) is 0 Å². The van der Waals surface area contributed by atoms with Gasteiger partial charge in [0.25, 0.3) is 0 Å². The molecule has 0 bridgehead atoms. The van der Waals surface area contributed by atoms with Crippen molar-refractivity contribution in [1.82, 2.24) is 20.2 Å². The van der Waals surface area contributed by atoms with Gasteiger partial charge in [0, 0.05) is 41.3 Å². The molecule has 0 spiro atoms. The zero-order chi connectivity index (χ0) is 21.5. The molecule has 0 aliphatic carbocycles. The number of halogens is 1. The molecular weight excluding hydrogens is 424 g/mol. The smallest absolute Gasteiger partial charge is 0.248 e. The number of rotatable bonds is 8. The minimum absolute atomic E-state index is 0.00115. The van der Waals surface area contributed by atoms with Crippen molar-refractivity contribution in [2.24, 2.45) is 5.92 Å². The van der Waals surface area contributed by atoms with Crippen LogP contribution in [0, 0.1) is 12.8 Å². The maximum atomic E-state index is 12.8. The van der Waals surface area contributed by atoms with E-state index in [4.69, 9.17) is 16.3 Å². The molecule has 162 valence electrons. The Balaban J connectivity index is 1.54. The minimum atomic E-state index is -0.239. The molecule has 3 heterocycles. The summed E-state index contributed by atoms with van der Waals surface area (Å²) in [5, 5.41) is 5.80. The van der Waals surface area contributed by atoms with Crippen LogP contribution in [0.3, 0.4) is 0 Å². The van der Waals surface area contributed by atoms with Crippen LogP contribution in [0.4, 0.5) is 0 Å². The van der Waals surface area contributed by atoms with E-state index < -0.39 is 0 Å². The van der Waals surface area contributed by atoms with Crippen molar-refractivity contribution in [2.75, 3.05) is 25.6 Å². The van der Waals surface area contributed by atoms with Crippen molar-refractivity contribution in [3.8, 4) is 11.3 Å². The van der Waals surface area contributed by atoms with Crippen LogP contribution in [-0.2, 0) is 20.9 Å². The highest BCUT2D eigenvalue weighted by Crippen LogP contribution is 2.25. The molecule has 1 fully saturated rings. The molecule has 1 N–H and O–H groups in total. The zero-order valence-corrected chi connectivity index (χ0v) is 18.8. The predicted octanol–water partition coefficient (Wildman–Crippen LogP) is 3.01. The molecule has 0 aromatic carbocycles. The van der Waals surface area contributed by atoms with E-state index in [1.807, 2.05) is 31.4 Å². The summed E-state index contributed by atoms with van der Waals surface area (Å²) >= 11 is 7.09. The fourth-order valence-corrected chi connectivity index (χ4v) is 4.43. The van der Waals surface area contributed by atoms with Gasteiger partial charge in [-0.05, 0) is 38.8 Å². The van der Waals surface area contributed by atoms with Crippen molar-refractivity contribution in [3.05, 3.63) is 34.4 Å². The first-order valence-electron chi connectivity index (χ1n) is 10.1. The van der Waals surface area contributed by atoms with E-state index in [9.17, 15) is 9.59 Å². The molecule has 2 atom stereocenters. The summed E-state index contributed by atoms with van der Waals surface area (Å²) in [6.07, 6.45) is 3.36. The summed E-state index contributed by atoms with van der Waals surface area (Å²) in [7, 11) is 0. The molecule has 9 heteroatoms. The molecule has 2 aromatic rings. The highest BCUT2D eigenvalue weighted by atomic mass is 35.5. The minimum Gasteiger partial charge on any atom is -0.370 e. The third kappa shape index (κ3) is 5.77. The Morgan fingerprint density at radius 2 is 2.23 bits per heavy atom. The Labute approximate surface area is 185 Å². The Kier molecular flexibility index (Phi) is 8.18. The van der Waals surface area contributed by atoms with Gasteiger partial charge in [-0.1, -0.05) is 0 Å². The summed E-state index contributed by atoms with van der Waals surface area (Å²) in [5.74, 6) is -0.0273. The molecule has 30 heavy (non-hydrogen) atoms. The molecule has 3 rings (SSSR count). The lowest BCUT2D eigenvalue weighted by Crippen LogP contribution is -2.52. The number of likely N-dealkylation sites (tertiary alicyclic amines) is 1. The van der Waals surface area contributed by atoms with E-state index >= 15 is 0 Å². The van der Waals surface area contributed by atoms with Gasteiger partial charge >= 0.3 is 0 Å². The number of aryl methyl sites for hydroxylation is 1. The van der Waals surface area contributed by atoms with Gasteiger partial charge in [0.05, 0.1) is 24.8 Å². The molecule has 1 aliphatic heterocycles. The lowest BCUT2D eigenvalue weighted by atomic mass is 9.89. The predicted molar refractivity (Wildman–Crippen MR) is 117 cm³/mol. The Hall–Kier alpha value is -2.03. The molecule has 2 aromatic heterocycles. The Morgan fingerprint density at radius 1 is 1.40 bits per heavy atom. The van der Waals surface area contributed by atoms with Crippen LogP contribution in [-0.4, -0.2) is 58.4 Å². The average molecular weight is 451 g/mol. The van der Waals surface area contributed by atoms with Crippen LogP contribution >= 0.6 is 22.9 Å². The fourth-order valence-electron chi connectivity index (χ4n) is 3.58. The number of alkyl halides is 1. The largest absolute Gasteiger partial charge is 0.370 e. The van der Waals surface area contributed by atoms with Gasteiger partial charge in [-0.15, -0.1) is 22.9 Å². The number of nitrogens with zero attached hydrogens (tertiary/aromatic N) is 3. The molecule has 0 radical (unpaired) electrons. The number of hydrogen-bond donors (Lipinski definition) is 1. The van der Waals surface area contributed by atoms with E-state index in [1.54, 1.807) is 11.1 Å². The lowest BCUT2D eigenvalue weighted by Gasteiger charge is -2.38. The van der Waals surface area contributed by atoms with E-state index in [0.29, 0.717) is 25.6 Å². The summed E-state index contributed by atoms with van der Waals surface area (Å²) < 4.78 is 5.26. The van der Waals surface area contributed by atoms with Crippen LogP contribution in [0.1, 0.15) is 30.5 Å². The number of carbonyl (C=O) groups excluding carboxylic acids is 2. The standard InChI is InChI=1S/C21H27ClN4O3S/c1-14-5-6-16(10-23-14)18-13-30-19(25-18)11-24-21(28)17-4-3-8-26(15(17)2)20(27)12-29-9-7-22/h5-6,10,13,15,17H,3-4,7-9,11-12H2,1-2H3,(H,24,28)/t15-,17-/m0/s1. The number of nitrogens with one attached hydrogen (secondary N) is 1. The second-order valence-corrected chi connectivity index (χ2v) is 8.67. The van der Waals surface area contributed by atoms with Crippen LogP contribution < -0.4 is 5.32 Å². The first-order valence-corrected chi connectivity index (χ1v) is 11.5. The van der Waals surface area contributed by atoms with Gasteiger partial charge in [-0.2, -0.15) is 0 Å². The number of piperidine rings is 1. The fraction of sp³-hybridized carbons (Fsp3) is 0.524. The number of pyridine rings is 1. The van der Waals surface area contributed by atoms with Gasteiger partial charge in [0.15, 0.2) is 0 Å². The van der Waals surface area contributed by atoms with E-state index in [0.717, 1.165) is 34.8 Å². The van der Waals surface area contributed by atoms with E-state index in [-0.39, 0.29) is 30.4 Å². The molecule has 0 saturated carbocycles. The monoisotopic (exact) mass is 450 g/mol. The first-order chi connectivity index (χ1) is 14.5. The third-order valence-corrected chi connectivity index (χ3v) is 6.27. The topological polar surface area (TPSA) is 84.4 Å². The van der Waals surface area contributed by atoms with Crippen molar-refractivity contribution in [2.45, 2.75) is 39.3 Å². The van der Waals surface area contributed by atoms with Gasteiger partial charge in [0.2, 0.25) is 11.8 Å². The highest BCUT2D eigenvalue weighted by Gasteiger charge is 2.35. The second kappa shape index (κ2) is 10.8. The number of amides is 2. The molecule has 0 unspecified atom stereocenters. The number of aromatic nitrogens is 2. The highest BCUT2D eigenvalue weighted by molar-refractivity contribution is 7.09. The Morgan fingerprint density at radius 3 is 2.97 bits per heavy atom.